The highest BCUT2D eigenvalue weighted by molar-refractivity contribution is 7.18. The lowest BCUT2D eigenvalue weighted by Crippen LogP contribution is -2.15. The van der Waals surface area contributed by atoms with Crippen molar-refractivity contribution in [1.29, 1.82) is 0 Å². The molecule has 3 heterocycles. The third-order valence-corrected chi connectivity index (χ3v) is 5.49. The van der Waals surface area contributed by atoms with Gasteiger partial charge in [0.25, 0.3) is 0 Å². The SMILES string of the molecule is CCOC(=O)c1cc(OCCCl)c(N)s1.CCOC(=O)c1cc2c(s1)NCCO2. The molecule has 0 fully saturated rings. The second kappa shape index (κ2) is 11.7. The molecule has 0 aromatic carbocycles. The van der Waals surface area contributed by atoms with E-state index in [0.717, 1.165) is 28.6 Å². The monoisotopic (exact) mass is 462 g/mol. The number of ether oxygens (including phenoxy) is 4. The van der Waals surface area contributed by atoms with Gasteiger partial charge in [-0.05, 0) is 13.8 Å². The number of anilines is 2. The fourth-order valence-corrected chi connectivity index (χ4v) is 3.95. The topological polar surface area (TPSA) is 109 Å². The Bertz CT molecular complexity index is 800. The third kappa shape index (κ3) is 6.69. The Kier molecular flexibility index (Phi) is 9.36. The Labute approximate surface area is 181 Å². The van der Waals surface area contributed by atoms with Crippen LogP contribution in [0, 0.1) is 0 Å². The summed E-state index contributed by atoms with van der Waals surface area (Å²) in [6, 6.07) is 3.30. The van der Waals surface area contributed by atoms with Crippen molar-refractivity contribution in [3.8, 4) is 11.5 Å². The predicted molar refractivity (Wildman–Crippen MR) is 115 cm³/mol. The first kappa shape index (κ1) is 23.1. The maximum atomic E-state index is 11.4. The van der Waals surface area contributed by atoms with Gasteiger partial charge >= 0.3 is 11.9 Å². The number of nitrogens with two attached hydrogens (primary N) is 1. The largest absolute Gasteiger partial charge is 0.489 e. The second-order valence-corrected chi connectivity index (χ2v) is 7.91. The van der Waals surface area contributed by atoms with Gasteiger partial charge in [0.15, 0.2) is 11.5 Å². The minimum Gasteiger partial charge on any atom is -0.489 e. The molecule has 0 atom stereocenters. The van der Waals surface area contributed by atoms with Gasteiger partial charge in [-0.3, -0.25) is 0 Å². The average molecular weight is 463 g/mol. The van der Waals surface area contributed by atoms with Crippen molar-refractivity contribution in [3.05, 3.63) is 21.9 Å². The third-order valence-electron chi connectivity index (χ3n) is 3.36. The molecule has 0 spiro atoms. The predicted octanol–water partition coefficient (Wildman–Crippen LogP) is 3.85. The van der Waals surface area contributed by atoms with E-state index in [1.807, 2.05) is 0 Å². The lowest BCUT2D eigenvalue weighted by Gasteiger charge is -2.13. The molecule has 3 N–H and O–H groups in total. The standard InChI is InChI=1S/C9H12ClNO3S.C9H11NO3S/c1-2-13-9(12)7-5-6(8(11)15-7)14-4-3-10;1-2-12-9(11)7-5-6-8(14-7)10-3-4-13-6/h5H,2-4,11H2,1H3;5,10H,2-4H2,1H3. The zero-order chi connectivity index (χ0) is 21.2. The molecule has 0 saturated carbocycles. The van der Waals surface area contributed by atoms with Crippen LogP contribution >= 0.6 is 34.3 Å². The number of carbonyl (C=O) groups is 2. The Morgan fingerprint density at radius 3 is 2.41 bits per heavy atom. The highest BCUT2D eigenvalue weighted by Crippen LogP contribution is 2.36. The van der Waals surface area contributed by atoms with Crippen molar-refractivity contribution in [2.45, 2.75) is 13.8 Å². The quantitative estimate of drug-likeness (QED) is 0.471. The molecule has 0 radical (unpaired) electrons. The lowest BCUT2D eigenvalue weighted by molar-refractivity contribution is 0.0522. The summed E-state index contributed by atoms with van der Waals surface area (Å²) in [6.07, 6.45) is 0. The number of hydrogen-bond donors (Lipinski definition) is 2. The first-order chi connectivity index (χ1) is 14.0. The summed E-state index contributed by atoms with van der Waals surface area (Å²) < 4.78 is 20.3. The fourth-order valence-electron chi connectivity index (χ4n) is 2.19. The molecule has 29 heavy (non-hydrogen) atoms. The molecule has 2 aromatic heterocycles. The van der Waals surface area contributed by atoms with Gasteiger partial charge in [-0.15, -0.1) is 34.3 Å². The Morgan fingerprint density at radius 2 is 1.83 bits per heavy atom. The molecule has 0 unspecified atom stereocenters. The highest BCUT2D eigenvalue weighted by atomic mass is 35.5. The fraction of sp³-hybridized carbons (Fsp3) is 0.444. The summed E-state index contributed by atoms with van der Waals surface area (Å²) in [4.78, 5) is 23.7. The van der Waals surface area contributed by atoms with Gasteiger partial charge in [-0.25, -0.2) is 9.59 Å². The second-order valence-electron chi connectivity index (χ2n) is 5.40. The van der Waals surface area contributed by atoms with Crippen LogP contribution < -0.4 is 20.5 Å². The number of rotatable bonds is 7. The Balaban J connectivity index is 0.000000207. The van der Waals surface area contributed by atoms with Crippen molar-refractivity contribution in [2.75, 3.05) is 49.9 Å². The van der Waals surface area contributed by atoms with E-state index in [2.05, 4.69) is 5.32 Å². The maximum Gasteiger partial charge on any atom is 0.348 e. The smallest absolute Gasteiger partial charge is 0.348 e. The molecule has 8 nitrogen and oxygen atoms in total. The minimum absolute atomic E-state index is 0.280. The molecule has 0 bridgehead atoms. The van der Waals surface area contributed by atoms with Gasteiger partial charge in [0.2, 0.25) is 0 Å². The van der Waals surface area contributed by atoms with Crippen LogP contribution in [-0.2, 0) is 9.47 Å². The van der Waals surface area contributed by atoms with Crippen LogP contribution in [0.25, 0.3) is 0 Å². The van der Waals surface area contributed by atoms with Crippen molar-refractivity contribution in [1.82, 2.24) is 0 Å². The molecule has 0 aliphatic carbocycles. The number of hydrogen-bond acceptors (Lipinski definition) is 10. The van der Waals surface area contributed by atoms with Crippen molar-refractivity contribution in [2.24, 2.45) is 0 Å². The first-order valence-electron chi connectivity index (χ1n) is 8.92. The van der Waals surface area contributed by atoms with Crippen LogP contribution in [0.3, 0.4) is 0 Å². The van der Waals surface area contributed by atoms with Crippen LogP contribution in [0.1, 0.15) is 33.2 Å². The molecular formula is C18H23ClN2O6S2. The number of thiophene rings is 2. The van der Waals surface area contributed by atoms with E-state index in [1.54, 1.807) is 26.0 Å². The van der Waals surface area contributed by atoms with E-state index >= 15 is 0 Å². The van der Waals surface area contributed by atoms with E-state index in [0.29, 0.717) is 52.8 Å². The van der Waals surface area contributed by atoms with Crippen molar-refractivity contribution < 1.29 is 28.5 Å². The average Bonchev–Trinajstić information content (AvgIpc) is 3.31. The van der Waals surface area contributed by atoms with Crippen LogP contribution in [0.4, 0.5) is 10.0 Å². The van der Waals surface area contributed by atoms with Crippen LogP contribution in [0.5, 0.6) is 11.5 Å². The number of alkyl halides is 1. The van der Waals surface area contributed by atoms with E-state index in [1.165, 1.54) is 11.3 Å². The zero-order valence-electron chi connectivity index (χ0n) is 16.1. The summed E-state index contributed by atoms with van der Waals surface area (Å²) in [7, 11) is 0. The van der Waals surface area contributed by atoms with Crippen LogP contribution in [0.2, 0.25) is 0 Å². The van der Waals surface area contributed by atoms with Gasteiger partial charge in [-0.2, -0.15) is 0 Å². The molecule has 1 aliphatic rings. The van der Waals surface area contributed by atoms with Gasteiger partial charge in [-0.1, -0.05) is 0 Å². The number of nitrogens with one attached hydrogen (secondary N) is 1. The van der Waals surface area contributed by atoms with E-state index < -0.39 is 0 Å². The highest BCUT2D eigenvalue weighted by Gasteiger charge is 2.18. The molecule has 1 aliphatic heterocycles. The van der Waals surface area contributed by atoms with E-state index in [-0.39, 0.29) is 11.9 Å². The molecule has 0 saturated heterocycles. The van der Waals surface area contributed by atoms with Gasteiger partial charge in [0, 0.05) is 18.7 Å². The first-order valence-corrected chi connectivity index (χ1v) is 11.1. The number of carbonyl (C=O) groups excluding carboxylic acids is 2. The number of nitrogen functional groups attached to an aromatic ring is 1. The summed E-state index contributed by atoms with van der Waals surface area (Å²) in [6.45, 7) is 6.08. The Morgan fingerprint density at radius 1 is 1.17 bits per heavy atom. The molecule has 0 amide bonds. The van der Waals surface area contributed by atoms with Crippen LogP contribution in [-0.4, -0.2) is 50.8 Å². The zero-order valence-corrected chi connectivity index (χ0v) is 18.5. The molecule has 160 valence electrons. The van der Waals surface area contributed by atoms with Crippen LogP contribution in [0.15, 0.2) is 12.1 Å². The van der Waals surface area contributed by atoms with Gasteiger partial charge < -0.3 is 30.0 Å². The summed E-state index contributed by atoms with van der Waals surface area (Å²) in [5.41, 5.74) is 5.66. The van der Waals surface area contributed by atoms with Gasteiger partial charge in [0.1, 0.15) is 33.0 Å². The summed E-state index contributed by atoms with van der Waals surface area (Å²) in [5.74, 6) is 0.963. The normalized spacial score (nSPS) is 11.8. The van der Waals surface area contributed by atoms with Crippen molar-refractivity contribution >= 4 is 56.2 Å². The number of esters is 2. The maximum absolute atomic E-state index is 11.4. The number of halogens is 1. The molecular weight excluding hydrogens is 440 g/mol. The lowest BCUT2D eigenvalue weighted by atomic mass is 10.4. The van der Waals surface area contributed by atoms with E-state index in [9.17, 15) is 9.59 Å². The summed E-state index contributed by atoms with van der Waals surface area (Å²) in [5, 5.41) is 4.54. The molecule has 2 aromatic rings. The Hall–Kier alpha value is -2.17. The number of fused-ring (bicyclic) bond motifs is 1. The van der Waals surface area contributed by atoms with E-state index in [4.69, 9.17) is 36.3 Å². The van der Waals surface area contributed by atoms with Crippen molar-refractivity contribution in [3.63, 3.8) is 0 Å². The minimum atomic E-state index is -0.380. The summed E-state index contributed by atoms with van der Waals surface area (Å²) >= 11 is 7.99. The van der Waals surface area contributed by atoms with Gasteiger partial charge in [0.05, 0.1) is 19.1 Å². The molecule has 11 heteroatoms. The molecule has 3 rings (SSSR count).